The maximum Gasteiger partial charge on any atom is 0.443 e. The zero-order chi connectivity index (χ0) is 15.5. The molecule has 0 unspecified atom stereocenters. The van der Waals surface area contributed by atoms with Crippen LogP contribution in [0.5, 0.6) is 0 Å². The van der Waals surface area contributed by atoms with E-state index in [1.807, 2.05) is 0 Å². The van der Waals surface area contributed by atoms with Crippen LogP contribution in [0, 0.1) is 5.92 Å². The highest BCUT2D eigenvalue weighted by atomic mass is 32.1. The van der Waals surface area contributed by atoms with Gasteiger partial charge in [-0.25, -0.2) is 9.78 Å². The molecule has 1 heterocycles. The van der Waals surface area contributed by atoms with Crippen molar-refractivity contribution in [3.63, 3.8) is 0 Å². The maximum atomic E-state index is 12.3. The number of carboxylic acid groups (broad SMARTS) is 1. The monoisotopic (exact) mass is 310 g/mol. The molecule has 0 fully saturated rings. The largest absolute Gasteiger partial charge is 0.480 e. The molecule has 0 aliphatic carbocycles. The number of aliphatic carboxylic acids is 1. The topological polar surface area (TPSA) is 79.3 Å². The van der Waals surface area contributed by atoms with Crippen molar-refractivity contribution in [3.8, 4) is 0 Å². The molecule has 0 aromatic carbocycles. The number of carbonyl (C=O) groups excluding carboxylic acids is 1. The molecule has 112 valence electrons. The first-order valence-electron chi connectivity index (χ1n) is 5.67. The summed E-state index contributed by atoms with van der Waals surface area (Å²) in [5.41, 5.74) is -0.433. The van der Waals surface area contributed by atoms with E-state index >= 15 is 0 Å². The predicted octanol–water partition coefficient (Wildman–Crippen LogP) is 2.39. The average Bonchev–Trinajstić information content (AvgIpc) is 2.75. The number of nitrogens with zero attached hydrogens (tertiary/aromatic N) is 1. The molecule has 0 bridgehead atoms. The van der Waals surface area contributed by atoms with Gasteiger partial charge in [-0.2, -0.15) is 13.2 Å². The van der Waals surface area contributed by atoms with E-state index in [-0.39, 0.29) is 23.7 Å². The summed E-state index contributed by atoms with van der Waals surface area (Å²) in [4.78, 5) is 25.8. The Labute approximate surface area is 116 Å². The smallest absolute Gasteiger partial charge is 0.443 e. The minimum Gasteiger partial charge on any atom is -0.480 e. The molecule has 0 saturated carbocycles. The van der Waals surface area contributed by atoms with Gasteiger partial charge in [-0.05, 0) is 12.3 Å². The van der Waals surface area contributed by atoms with Crippen molar-refractivity contribution < 1.29 is 27.9 Å². The first-order chi connectivity index (χ1) is 9.11. The van der Waals surface area contributed by atoms with Gasteiger partial charge in [-0.15, -0.1) is 11.3 Å². The number of carboxylic acids is 1. The third-order valence-electron chi connectivity index (χ3n) is 2.29. The number of carbonyl (C=O) groups is 2. The Morgan fingerprint density at radius 1 is 1.45 bits per heavy atom. The lowest BCUT2D eigenvalue weighted by Gasteiger charge is -2.15. The number of alkyl halides is 3. The number of nitrogens with one attached hydrogen (secondary N) is 1. The van der Waals surface area contributed by atoms with Gasteiger partial charge in [0.25, 0.3) is 5.91 Å². The summed E-state index contributed by atoms with van der Waals surface area (Å²) in [6.07, 6.45) is -4.44. The quantitative estimate of drug-likeness (QED) is 0.875. The van der Waals surface area contributed by atoms with Crippen molar-refractivity contribution >= 4 is 23.2 Å². The molecule has 0 saturated heterocycles. The Kier molecular flexibility index (Phi) is 5.09. The van der Waals surface area contributed by atoms with Gasteiger partial charge in [0.1, 0.15) is 11.7 Å². The van der Waals surface area contributed by atoms with Gasteiger partial charge in [0.15, 0.2) is 5.01 Å². The Hall–Kier alpha value is -1.64. The number of rotatable bonds is 5. The molecular weight excluding hydrogens is 297 g/mol. The Morgan fingerprint density at radius 2 is 2.05 bits per heavy atom. The van der Waals surface area contributed by atoms with Gasteiger partial charge in [0, 0.05) is 5.38 Å². The fourth-order valence-electron chi connectivity index (χ4n) is 1.43. The summed E-state index contributed by atoms with van der Waals surface area (Å²) < 4.78 is 37.0. The Morgan fingerprint density at radius 3 is 2.45 bits per heavy atom. The molecule has 9 heteroatoms. The molecule has 0 aliphatic heterocycles. The average molecular weight is 310 g/mol. The number of halogens is 3. The fraction of sp³-hybridized carbons (Fsp3) is 0.545. The predicted molar refractivity (Wildman–Crippen MR) is 65.5 cm³/mol. The van der Waals surface area contributed by atoms with E-state index in [2.05, 4.69) is 10.3 Å². The molecule has 0 spiro atoms. The van der Waals surface area contributed by atoms with Gasteiger partial charge in [0.2, 0.25) is 0 Å². The van der Waals surface area contributed by atoms with Crippen LogP contribution in [0.15, 0.2) is 5.38 Å². The summed E-state index contributed by atoms with van der Waals surface area (Å²) in [6, 6.07) is -1.15. The molecule has 1 aromatic heterocycles. The number of hydrogen-bond acceptors (Lipinski definition) is 4. The van der Waals surface area contributed by atoms with Crippen LogP contribution in [-0.4, -0.2) is 28.0 Å². The van der Waals surface area contributed by atoms with E-state index in [1.54, 1.807) is 13.8 Å². The summed E-state index contributed by atoms with van der Waals surface area (Å²) in [5.74, 6) is -2.15. The minimum absolute atomic E-state index is 0.0116. The second-order valence-electron chi connectivity index (χ2n) is 4.53. The highest BCUT2D eigenvalue weighted by Crippen LogP contribution is 2.31. The maximum absolute atomic E-state index is 12.3. The van der Waals surface area contributed by atoms with Gasteiger partial charge in [0.05, 0.1) is 0 Å². The highest BCUT2D eigenvalue weighted by Gasteiger charge is 2.35. The van der Waals surface area contributed by atoms with Crippen molar-refractivity contribution in [2.24, 2.45) is 5.92 Å². The van der Waals surface area contributed by atoms with Crippen LogP contribution in [0.25, 0.3) is 0 Å². The molecule has 20 heavy (non-hydrogen) atoms. The van der Waals surface area contributed by atoms with E-state index in [0.29, 0.717) is 0 Å². The molecule has 1 amide bonds. The third kappa shape index (κ3) is 4.48. The lowest BCUT2D eigenvalue weighted by atomic mass is 10.0. The van der Waals surface area contributed by atoms with Crippen molar-refractivity contribution in [3.05, 3.63) is 16.1 Å². The van der Waals surface area contributed by atoms with E-state index < -0.39 is 34.8 Å². The summed E-state index contributed by atoms with van der Waals surface area (Å²) in [7, 11) is 0. The molecule has 0 aliphatic rings. The molecular formula is C11H13F3N2O3S. The normalized spacial score (nSPS) is 13.3. The molecule has 0 radical (unpaired) electrons. The molecule has 1 atom stereocenters. The first-order valence-corrected chi connectivity index (χ1v) is 6.55. The van der Waals surface area contributed by atoms with Gasteiger partial charge in [-0.3, -0.25) is 4.79 Å². The van der Waals surface area contributed by atoms with Gasteiger partial charge >= 0.3 is 12.1 Å². The second kappa shape index (κ2) is 6.21. The van der Waals surface area contributed by atoms with Crippen molar-refractivity contribution in [1.82, 2.24) is 10.3 Å². The standard InChI is InChI=1S/C11H13F3N2O3S/c1-5(2)3-6(9(18)19)15-8(17)7-4-20-10(16-7)11(12,13)14/h4-6H,3H2,1-2H3,(H,15,17)(H,18,19)/t6-/m0/s1. The molecule has 1 rings (SSSR count). The van der Waals surface area contributed by atoms with Crippen molar-refractivity contribution in [1.29, 1.82) is 0 Å². The van der Waals surface area contributed by atoms with Crippen molar-refractivity contribution in [2.75, 3.05) is 0 Å². The summed E-state index contributed by atoms with van der Waals surface area (Å²) >= 11 is 0.290. The lowest BCUT2D eigenvalue weighted by molar-refractivity contribution is -0.140. The van der Waals surface area contributed by atoms with Crippen LogP contribution >= 0.6 is 11.3 Å². The molecule has 5 nitrogen and oxygen atoms in total. The lowest BCUT2D eigenvalue weighted by Crippen LogP contribution is -2.41. The second-order valence-corrected chi connectivity index (χ2v) is 5.39. The zero-order valence-electron chi connectivity index (χ0n) is 10.7. The van der Waals surface area contributed by atoms with Gasteiger partial charge < -0.3 is 10.4 Å². The number of hydrogen-bond donors (Lipinski definition) is 2. The third-order valence-corrected chi connectivity index (χ3v) is 3.18. The van der Waals surface area contributed by atoms with E-state index in [4.69, 9.17) is 5.11 Å². The molecule has 1 aromatic rings. The Balaban J connectivity index is 2.79. The van der Waals surface area contributed by atoms with Crippen LogP contribution in [0.2, 0.25) is 0 Å². The van der Waals surface area contributed by atoms with E-state index in [9.17, 15) is 22.8 Å². The van der Waals surface area contributed by atoms with Crippen LogP contribution in [0.3, 0.4) is 0 Å². The van der Waals surface area contributed by atoms with E-state index in [0.717, 1.165) is 5.38 Å². The van der Waals surface area contributed by atoms with Gasteiger partial charge in [-0.1, -0.05) is 13.8 Å². The van der Waals surface area contributed by atoms with Crippen LogP contribution < -0.4 is 5.32 Å². The summed E-state index contributed by atoms with van der Waals surface area (Å²) in [5, 5.41) is 10.9. The molecule has 2 N–H and O–H groups in total. The summed E-state index contributed by atoms with van der Waals surface area (Å²) in [6.45, 7) is 3.54. The van der Waals surface area contributed by atoms with Crippen LogP contribution in [0.4, 0.5) is 13.2 Å². The highest BCUT2D eigenvalue weighted by molar-refractivity contribution is 7.09. The van der Waals surface area contributed by atoms with Crippen LogP contribution in [-0.2, 0) is 11.0 Å². The van der Waals surface area contributed by atoms with Crippen LogP contribution in [0.1, 0.15) is 35.8 Å². The first kappa shape index (κ1) is 16.4. The Bertz CT molecular complexity index is 499. The zero-order valence-corrected chi connectivity index (χ0v) is 11.5. The van der Waals surface area contributed by atoms with Crippen molar-refractivity contribution in [2.45, 2.75) is 32.5 Å². The fourth-order valence-corrected chi connectivity index (χ4v) is 2.10. The number of thiazole rings is 1. The SMILES string of the molecule is CC(C)C[C@H](NC(=O)c1csc(C(F)(F)F)n1)C(=O)O. The number of amides is 1. The minimum atomic E-state index is -4.62. The number of aromatic nitrogens is 1. The van der Waals surface area contributed by atoms with E-state index in [1.165, 1.54) is 0 Å².